The fraction of sp³-hybridized carbons (Fsp3) is 0.500. The minimum atomic E-state index is -0.290. The molecule has 0 saturated carbocycles. The summed E-state index contributed by atoms with van der Waals surface area (Å²) >= 11 is 2.76. The lowest BCUT2D eigenvalue weighted by Gasteiger charge is -2.32. The summed E-state index contributed by atoms with van der Waals surface area (Å²) in [4.78, 5) is 26.4. The SMILES string of the molecule is CCOC(=O)C1CCN(C(=O)C(C)Sc2nnc(NCc3ccc(F)cc3)s2)CC1. The second-order valence-electron chi connectivity index (χ2n) is 6.96. The molecule has 1 fully saturated rings. The van der Waals surface area contributed by atoms with E-state index in [2.05, 4.69) is 15.5 Å². The molecule has 1 atom stereocenters. The Morgan fingerprint density at radius 2 is 2.00 bits per heavy atom. The second-order valence-corrected chi connectivity index (χ2v) is 9.53. The minimum absolute atomic E-state index is 0.0401. The highest BCUT2D eigenvalue weighted by atomic mass is 32.2. The van der Waals surface area contributed by atoms with Crippen molar-refractivity contribution in [3.63, 3.8) is 0 Å². The van der Waals surface area contributed by atoms with E-state index >= 15 is 0 Å². The maximum Gasteiger partial charge on any atom is 0.309 e. The molecule has 1 aliphatic heterocycles. The van der Waals surface area contributed by atoms with Crippen molar-refractivity contribution < 1.29 is 18.7 Å². The van der Waals surface area contributed by atoms with E-state index in [1.807, 2.05) is 11.8 Å². The average molecular weight is 453 g/mol. The van der Waals surface area contributed by atoms with E-state index in [9.17, 15) is 14.0 Å². The quantitative estimate of drug-likeness (QED) is 0.484. The molecule has 30 heavy (non-hydrogen) atoms. The summed E-state index contributed by atoms with van der Waals surface area (Å²) in [5, 5.41) is 11.8. The number of anilines is 1. The van der Waals surface area contributed by atoms with Crippen molar-refractivity contribution in [1.82, 2.24) is 15.1 Å². The van der Waals surface area contributed by atoms with Gasteiger partial charge < -0.3 is 15.0 Å². The van der Waals surface area contributed by atoms with Crippen LogP contribution in [0.5, 0.6) is 0 Å². The Hall–Kier alpha value is -2.20. The zero-order valence-corrected chi connectivity index (χ0v) is 18.6. The molecule has 162 valence electrons. The molecule has 3 rings (SSSR count). The van der Waals surface area contributed by atoms with Gasteiger partial charge in [0.15, 0.2) is 4.34 Å². The fourth-order valence-corrected chi connectivity index (χ4v) is 5.14. The Morgan fingerprint density at radius 3 is 2.67 bits per heavy atom. The number of esters is 1. The van der Waals surface area contributed by atoms with Gasteiger partial charge in [0.1, 0.15) is 5.82 Å². The Balaban J connectivity index is 1.45. The Kier molecular flexibility index (Phi) is 8.03. The first-order valence-electron chi connectivity index (χ1n) is 9.90. The van der Waals surface area contributed by atoms with Gasteiger partial charge in [0.05, 0.1) is 17.8 Å². The zero-order chi connectivity index (χ0) is 21.5. The highest BCUT2D eigenvalue weighted by Crippen LogP contribution is 2.31. The van der Waals surface area contributed by atoms with E-state index in [0.717, 1.165) is 5.56 Å². The third-order valence-corrected chi connectivity index (χ3v) is 6.87. The molecule has 0 radical (unpaired) electrons. The molecule has 10 heteroatoms. The van der Waals surface area contributed by atoms with Crippen molar-refractivity contribution in [2.45, 2.75) is 42.8 Å². The first-order chi connectivity index (χ1) is 14.5. The molecule has 0 spiro atoms. The van der Waals surface area contributed by atoms with E-state index in [0.29, 0.717) is 48.6 Å². The Morgan fingerprint density at radius 1 is 1.30 bits per heavy atom. The Labute approximate surface area is 183 Å². The molecule has 7 nitrogen and oxygen atoms in total. The van der Waals surface area contributed by atoms with E-state index in [-0.39, 0.29) is 28.9 Å². The maximum atomic E-state index is 13.0. The van der Waals surface area contributed by atoms with Gasteiger partial charge in [-0.25, -0.2) is 4.39 Å². The summed E-state index contributed by atoms with van der Waals surface area (Å²) < 4.78 is 18.7. The molecule has 0 aliphatic carbocycles. The third-order valence-electron chi connectivity index (χ3n) is 4.82. The number of thioether (sulfide) groups is 1. The first kappa shape index (κ1) is 22.5. The second kappa shape index (κ2) is 10.7. The highest BCUT2D eigenvalue weighted by Gasteiger charge is 2.30. The van der Waals surface area contributed by atoms with Gasteiger partial charge in [-0.2, -0.15) is 0 Å². The largest absolute Gasteiger partial charge is 0.466 e. The van der Waals surface area contributed by atoms with Crippen molar-refractivity contribution in [2.75, 3.05) is 25.0 Å². The number of carbonyl (C=O) groups is 2. The summed E-state index contributed by atoms with van der Waals surface area (Å²) in [6.07, 6.45) is 1.27. The number of benzene rings is 1. The monoisotopic (exact) mass is 452 g/mol. The molecular weight excluding hydrogens is 427 g/mol. The molecule has 1 unspecified atom stereocenters. The van der Waals surface area contributed by atoms with Gasteiger partial charge in [-0.1, -0.05) is 35.2 Å². The first-order valence-corrected chi connectivity index (χ1v) is 11.6. The summed E-state index contributed by atoms with van der Waals surface area (Å²) in [7, 11) is 0. The van der Waals surface area contributed by atoms with Gasteiger partial charge in [-0.15, -0.1) is 10.2 Å². The number of piperidine rings is 1. The Bertz CT molecular complexity index is 854. The lowest BCUT2D eigenvalue weighted by atomic mass is 9.97. The van der Waals surface area contributed by atoms with Crippen LogP contribution in [0.25, 0.3) is 0 Å². The number of rotatable bonds is 8. The van der Waals surface area contributed by atoms with Gasteiger partial charge in [0.25, 0.3) is 0 Å². The lowest BCUT2D eigenvalue weighted by Crippen LogP contribution is -2.43. The van der Waals surface area contributed by atoms with E-state index in [1.165, 1.54) is 35.2 Å². The van der Waals surface area contributed by atoms with Crippen LogP contribution in [0.15, 0.2) is 28.6 Å². The maximum absolute atomic E-state index is 13.0. The minimum Gasteiger partial charge on any atom is -0.466 e. The molecule has 1 amide bonds. The number of nitrogens with zero attached hydrogens (tertiary/aromatic N) is 3. The molecule has 1 aliphatic rings. The van der Waals surface area contributed by atoms with Crippen LogP contribution in [0.4, 0.5) is 9.52 Å². The molecule has 1 N–H and O–H groups in total. The van der Waals surface area contributed by atoms with E-state index in [4.69, 9.17) is 4.74 Å². The summed E-state index contributed by atoms with van der Waals surface area (Å²) in [6.45, 7) is 5.68. The number of likely N-dealkylation sites (tertiary alicyclic amines) is 1. The summed E-state index contributed by atoms with van der Waals surface area (Å²) in [5.41, 5.74) is 0.940. The number of carbonyl (C=O) groups excluding carboxylic acids is 2. The van der Waals surface area contributed by atoms with Crippen molar-refractivity contribution in [3.05, 3.63) is 35.6 Å². The number of ether oxygens (including phenoxy) is 1. The number of halogens is 1. The average Bonchev–Trinajstić information content (AvgIpc) is 3.20. The summed E-state index contributed by atoms with van der Waals surface area (Å²) in [6, 6.07) is 6.26. The molecule has 2 aromatic rings. The van der Waals surface area contributed by atoms with Gasteiger partial charge in [-0.3, -0.25) is 9.59 Å². The standard InChI is InChI=1S/C20H25FN4O3S2/c1-3-28-18(27)15-8-10-25(11-9-15)17(26)13(2)29-20-24-23-19(30-20)22-12-14-4-6-16(21)7-5-14/h4-7,13,15H,3,8-12H2,1-2H3,(H,22,23). The van der Waals surface area contributed by atoms with Crippen molar-refractivity contribution in [2.24, 2.45) is 5.92 Å². The predicted molar refractivity (Wildman–Crippen MR) is 115 cm³/mol. The molecule has 2 heterocycles. The van der Waals surface area contributed by atoms with Gasteiger partial charge in [0.2, 0.25) is 11.0 Å². The topological polar surface area (TPSA) is 84.4 Å². The lowest BCUT2D eigenvalue weighted by molar-refractivity contribution is -0.151. The number of aromatic nitrogens is 2. The summed E-state index contributed by atoms with van der Waals surface area (Å²) in [5.74, 6) is -0.508. The van der Waals surface area contributed by atoms with Gasteiger partial charge >= 0.3 is 5.97 Å². The number of hydrogen-bond acceptors (Lipinski definition) is 8. The van der Waals surface area contributed by atoms with E-state index < -0.39 is 0 Å². The van der Waals surface area contributed by atoms with Crippen LogP contribution in [0.1, 0.15) is 32.3 Å². The van der Waals surface area contributed by atoms with Crippen LogP contribution in [0, 0.1) is 11.7 Å². The van der Waals surface area contributed by atoms with Crippen LogP contribution in [-0.4, -0.2) is 51.9 Å². The third kappa shape index (κ3) is 6.15. The van der Waals surface area contributed by atoms with Crippen molar-refractivity contribution >= 4 is 40.1 Å². The van der Waals surface area contributed by atoms with Crippen molar-refractivity contribution in [3.8, 4) is 0 Å². The molecule has 1 aromatic carbocycles. The van der Waals surface area contributed by atoms with Gasteiger partial charge in [-0.05, 0) is 44.4 Å². The van der Waals surface area contributed by atoms with Gasteiger partial charge in [0, 0.05) is 19.6 Å². The van der Waals surface area contributed by atoms with Crippen LogP contribution in [0.3, 0.4) is 0 Å². The highest BCUT2D eigenvalue weighted by molar-refractivity contribution is 8.02. The molecule has 0 bridgehead atoms. The molecular formula is C20H25FN4O3S2. The molecule has 1 saturated heterocycles. The van der Waals surface area contributed by atoms with Crippen LogP contribution in [0.2, 0.25) is 0 Å². The van der Waals surface area contributed by atoms with Crippen LogP contribution >= 0.6 is 23.1 Å². The number of amides is 1. The zero-order valence-electron chi connectivity index (χ0n) is 17.0. The number of nitrogens with one attached hydrogen (secondary N) is 1. The van der Waals surface area contributed by atoms with Crippen molar-refractivity contribution in [1.29, 1.82) is 0 Å². The smallest absolute Gasteiger partial charge is 0.309 e. The van der Waals surface area contributed by atoms with E-state index in [1.54, 1.807) is 19.1 Å². The fourth-order valence-electron chi connectivity index (χ4n) is 3.16. The molecule has 1 aromatic heterocycles. The normalized spacial score (nSPS) is 15.6. The number of hydrogen-bond donors (Lipinski definition) is 1. The van der Waals surface area contributed by atoms with Crippen LogP contribution < -0.4 is 5.32 Å². The van der Waals surface area contributed by atoms with Crippen LogP contribution in [-0.2, 0) is 20.9 Å². The predicted octanol–water partition coefficient (Wildman–Crippen LogP) is 3.57.